The fourth-order valence-electron chi connectivity index (χ4n) is 1.96. The molecule has 110 valence electrons. The van der Waals surface area contributed by atoms with Crippen molar-refractivity contribution in [1.29, 1.82) is 0 Å². The van der Waals surface area contributed by atoms with Crippen LogP contribution in [-0.2, 0) is 10.7 Å². The number of benzene rings is 2. The molecule has 0 unspecified atom stereocenters. The van der Waals surface area contributed by atoms with Crippen LogP contribution in [0.25, 0.3) is 0 Å². The van der Waals surface area contributed by atoms with Gasteiger partial charge in [-0.3, -0.25) is 0 Å². The van der Waals surface area contributed by atoms with Crippen molar-refractivity contribution in [1.82, 2.24) is 0 Å². The monoisotopic (exact) mass is 291 g/mol. The van der Waals surface area contributed by atoms with E-state index >= 15 is 0 Å². The van der Waals surface area contributed by atoms with Crippen LogP contribution in [0.2, 0.25) is 0 Å². The highest BCUT2D eigenvalue weighted by atomic mass is 19.3. The van der Waals surface area contributed by atoms with Gasteiger partial charge in [-0.2, -0.15) is 8.78 Å². The van der Waals surface area contributed by atoms with Crippen LogP contribution >= 0.6 is 0 Å². The standard InChI is InChI=1S/C16H15F2NO2/c1-11-6-5-9-13(19)14(11)15(20)21-10-16(17,18)12-7-3-2-4-8-12/h2-9H,10,19H2,1H3. The van der Waals surface area contributed by atoms with E-state index in [1.54, 1.807) is 25.1 Å². The lowest BCUT2D eigenvalue weighted by molar-refractivity contribution is -0.0661. The first-order valence-corrected chi connectivity index (χ1v) is 6.37. The minimum atomic E-state index is -3.24. The predicted octanol–water partition coefficient (Wildman–Crippen LogP) is 3.53. The normalized spacial score (nSPS) is 11.2. The summed E-state index contributed by atoms with van der Waals surface area (Å²) < 4.78 is 32.6. The Labute approximate surface area is 121 Å². The van der Waals surface area contributed by atoms with Crippen LogP contribution in [0.4, 0.5) is 14.5 Å². The molecule has 0 aromatic heterocycles. The molecule has 0 saturated carbocycles. The molecule has 0 amide bonds. The number of halogens is 2. The van der Waals surface area contributed by atoms with Crippen LogP contribution in [0.3, 0.4) is 0 Å². The van der Waals surface area contributed by atoms with E-state index in [9.17, 15) is 13.6 Å². The third kappa shape index (κ3) is 3.37. The van der Waals surface area contributed by atoms with Crippen LogP contribution < -0.4 is 5.73 Å². The molecule has 0 radical (unpaired) electrons. The highest BCUT2D eigenvalue weighted by Gasteiger charge is 2.33. The third-order valence-electron chi connectivity index (χ3n) is 3.09. The van der Waals surface area contributed by atoms with Crippen LogP contribution in [0.15, 0.2) is 48.5 Å². The molecular weight excluding hydrogens is 276 g/mol. The zero-order chi connectivity index (χ0) is 15.5. The van der Waals surface area contributed by atoms with Crippen LogP contribution in [0.1, 0.15) is 21.5 Å². The third-order valence-corrected chi connectivity index (χ3v) is 3.09. The second-order valence-corrected chi connectivity index (χ2v) is 4.69. The molecule has 0 aliphatic carbocycles. The molecule has 0 heterocycles. The van der Waals surface area contributed by atoms with Crippen molar-refractivity contribution in [3.8, 4) is 0 Å². The number of nitrogens with two attached hydrogens (primary N) is 1. The summed E-state index contributed by atoms with van der Waals surface area (Å²) in [5.41, 5.74) is 6.41. The quantitative estimate of drug-likeness (QED) is 0.692. The molecule has 2 aromatic carbocycles. The van der Waals surface area contributed by atoms with Gasteiger partial charge >= 0.3 is 11.9 Å². The first-order valence-electron chi connectivity index (χ1n) is 6.37. The number of anilines is 1. The molecule has 0 aliphatic rings. The highest BCUT2D eigenvalue weighted by Crippen LogP contribution is 2.28. The van der Waals surface area contributed by atoms with Gasteiger partial charge in [0.2, 0.25) is 0 Å². The van der Waals surface area contributed by atoms with E-state index in [-0.39, 0.29) is 16.8 Å². The zero-order valence-electron chi connectivity index (χ0n) is 11.5. The Morgan fingerprint density at radius 1 is 1.14 bits per heavy atom. The van der Waals surface area contributed by atoms with Crippen LogP contribution in [0.5, 0.6) is 0 Å². The molecule has 2 rings (SSSR count). The summed E-state index contributed by atoms with van der Waals surface area (Å²) in [6.07, 6.45) is 0. The Kier molecular flexibility index (Phi) is 4.21. The highest BCUT2D eigenvalue weighted by molar-refractivity contribution is 5.96. The summed E-state index contributed by atoms with van der Waals surface area (Å²) >= 11 is 0. The van der Waals surface area contributed by atoms with Crippen molar-refractivity contribution >= 4 is 11.7 Å². The maximum Gasteiger partial charge on any atom is 0.340 e. The lowest BCUT2D eigenvalue weighted by Gasteiger charge is -2.17. The number of aryl methyl sites for hydroxylation is 1. The molecule has 2 N–H and O–H groups in total. The first-order chi connectivity index (χ1) is 9.92. The Hall–Kier alpha value is -2.43. The fraction of sp³-hybridized carbons (Fsp3) is 0.188. The molecule has 0 spiro atoms. The molecule has 0 atom stereocenters. The summed E-state index contributed by atoms with van der Waals surface area (Å²) in [4.78, 5) is 11.9. The molecule has 5 heteroatoms. The van der Waals surface area contributed by atoms with E-state index in [1.165, 1.54) is 30.3 Å². The number of nitrogen functional groups attached to an aromatic ring is 1. The van der Waals surface area contributed by atoms with Crippen molar-refractivity contribution in [2.45, 2.75) is 12.8 Å². The number of esters is 1. The van der Waals surface area contributed by atoms with E-state index in [0.717, 1.165) is 0 Å². The van der Waals surface area contributed by atoms with Crippen LogP contribution in [-0.4, -0.2) is 12.6 Å². The van der Waals surface area contributed by atoms with Gasteiger partial charge in [0.25, 0.3) is 0 Å². The molecule has 0 bridgehead atoms. The minimum absolute atomic E-state index is 0.126. The number of rotatable bonds is 4. The van der Waals surface area contributed by atoms with Gasteiger partial charge in [-0.15, -0.1) is 0 Å². The van der Waals surface area contributed by atoms with E-state index in [0.29, 0.717) is 5.56 Å². The van der Waals surface area contributed by atoms with Crippen molar-refractivity contribution in [2.75, 3.05) is 12.3 Å². The van der Waals surface area contributed by atoms with E-state index in [1.807, 2.05) is 0 Å². The summed E-state index contributed by atoms with van der Waals surface area (Å²) in [6.45, 7) is 0.645. The number of carbonyl (C=O) groups is 1. The number of hydrogen-bond donors (Lipinski definition) is 1. The zero-order valence-corrected chi connectivity index (χ0v) is 11.5. The van der Waals surface area contributed by atoms with Gasteiger partial charge in [0, 0.05) is 11.3 Å². The van der Waals surface area contributed by atoms with Gasteiger partial charge in [-0.05, 0) is 18.6 Å². The molecular formula is C16H15F2NO2. The van der Waals surface area contributed by atoms with Crippen molar-refractivity contribution in [3.63, 3.8) is 0 Å². The van der Waals surface area contributed by atoms with Gasteiger partial charge in [-0.1, -0.05) is 42.5 Å². The van der Waals surface area contributed by atoms with Gasteiger partial charge in [0.1, 0.15) is 0 Å². The molecule has 0 aliphatic heterocycles. The second kappa shape index (κ2) is 5.91. The first kappa shape index (κ1) is 15.0. The predicted molar refractivity (Wildman–Crippen MR) is 76.2 cm³/mol. The van der Waals surface area contributed by atoms with Gasteiger partial charge < -0.3 is 10.5 Å². The number of carbonyl (C=O) groups excluding carboxylic acids is 1. The Bertz CT molecular complexity index is 622. The van der Waals surface area contributed by atoms with Crippen LogP contribution in [0, 0.1) is 6.92 Å². The Morgan fingerprint density at radius 3 is 2.43 bits per heavy atom. The Balaban J connectivity index is 2.11. The average molecular weight is 291 g/mol. The maximum absolute atomic E-state index is 13.9. The van der Waals surface area contributed by atoms with Crippen molar-refractivity contribution in [2.24, 2.45) is 0 Å². The molecule has 3 nitrogen and oxygen atoms in total. The minimum Gasteiger partial charge on any atom is -0.455 e. The fourth-order valence-corrected chi connectivity index (χ4v) is 1.96. The summed E-state index contributed by atoms with van der Waals surface area (Å²) in [5.74, 6) is -4.09. The topological polar surface area (TPSA) is 52.3 Å². The molecule has 21 heavy (non-hydrogen) atoms. The summed E-state index contributed by atoms with van der Waals surface area (Å²) in [6, 6.07) is 12.1. The number of ether oxygens (including phenoxy) is 1. The summed E-state index contributed by atoms with van der Waals surface area (Å²) in [5, 5.41) is 0. The molecule has 0 fully saturated rings. The number of alkyl halides is 2. The SMILES string of the molecule is Cc1cccc(N)c1C(=O)OCC(F)(F)c1ccccc1. The molecule has 2 aromatic rings. The van der Waals surface area contributed by atoms with Crippen molar-refractivity contribution in [3.05, 3.63) is 65.2 Å². The largest absolute Gasteiger partial charge is 0.455 e. The smallest absolute Gasteiger partial charge is 0.340 e. The second-order valence-electron chi connectivity index (χ2n) is 4.69. The Morgan fingerprint density at radius 2 is 1.81 bits per heavy atom. The average Bonchev–Trinajstić information content (AvgIpc) is 2.46. The van der Waals surface area contributed by atoms with Crippen molar-refractivity contribution < 1.29 is 18.3 Å². The van der Waals surface area contributed by atoms with E-state index < -0.39 is 18.5 Å². The van der Waals surface area contributed by atoms with E-state index in [2.05, 4.69) is 0 Å². The lowest BCUT2D eigenvalue weighted by atomic mass is 10.1. The maximum atomic E-state index is 13.9. The van der Waals surface area contributed by atoms with E-state index in [4.69, 9.17) is 10.5 Å². The molecule has 0 saturated heterocycles. The van der Waals surface area contributed by atoms with Gasteiger partial charge in [0.15, 0.2) is 6.61 Å². The lowest BCUT2D eigenvalue weighted by Crippen LogP contribution is -2.24. The number of hydrogen-bond acceptors (Lipinski definition) is 3. The van der Waals surface area contributed by atoms with Gasteiger partial charge in [0.05, 0.1) is 5.56 Å². The summed E-state index contributed by atoms with van der Waals surface area (Å²) in [7, 11) is 0. The van der Waals surface area contributed by atoms with Gasteiger partial charge in [-0.25, -0.2) is 4.79 Å².